The van der Waals surface area contributed by atoms with Gasteiger partial charge in [-0.1, -0.05) is 51.7 Å². The molecule has 60 valence electrons. The van der Waals surface area contributed by atoms with Crippen molar-refractivity contribution in [1.29, 1.82) is 0 Å². The molecular formula is C10H20. The third-order valence-corrected chi connectivity index (χ3v) is 1.62. The zero-order valence-corrected chi connectivity index (χ0v) is 7.40. The Kier molecular flexibility index (Phi) is 8.51. The van der Waals surface area contributed by atoms with Gasteiger partial charge in [-0.15, -0.1) is 0 Å². The van der Waals surface area contributed by atoms with E-state index in [1.165, 1.54) is 38.5 Å². The van der Waals surface area contributed by atoms with Crippen molar-refractivity contribution in [2.24, 2.45) is 0 Å². The summed E-state index contributed by atoms with van der Waals surface area (Å²) in [6.07, 6.45) is 12.5. The molecule has 0 aliphatic rings. The second-order valence-electron chi connectivity index (χ2n) is 2.76. The second-order valence-corrected chi connectivity index (χ2v) is 2.76. The van der Waals surface area contributed by atoms with E-state index in [2.05, 4.69) is 26.0 Å². The van der Waals surface area contributed by atoms with Crippen LogP contribution in [0.5, 0.6) is 0 Å². The zero-order valence-electron chi connectivity index (χ0n) is 7.40. The Balaban J connectivity index is 2.89. The maximum atomic E-state index is 2.32. The van der Waals surface area contributed by atoms with Crippen molar-refractivity contribution in [2.75, 3.05) is 0 Å². The molecule has 0 aromatic heterocycles. The highest BCUT2D eigenvalue weighted by molar-refractivity contribution is 4.80. The van der Waals surface area contributed by atoms with Crippen LogP contribution in [-0.4, -0.2) is 0 Å². The predicted octanol–water partition coefficient (Wildman–Crippen LogP) is 3.92. The van der Waals surface area contributed by atoms with Crippen LogP contribution in [0.3, 0.4) is 0 Å². The molecule has 0 radical (unpaired) electrons. The number of unbranched alkanes of at least 4 members (excludes halogenated alkanes) is 4. The lowest BCUT2D eigenvalue weighted by atomic mass is 10.2. The second kappa shape index (κ2) is 8.74. The summed E-state index contributed by atoms with van der Waals surface area (Å²) in [5.41, 5.74) is 0. The molecule has 0 heteroatoms. The van der Waals surface area contributed by atoms with Crippen molar-refractivity contribution < 1.29 is 0 Å². The van der Waals surface area contributed by atoms with Gasteiger partial charge in [0.05, 0.1) is 0 Å². The molecule has 0 aliphatic heterocycles. The lowest BCUT2D eigenvalue weighted by molar-refractivity contribution is 0.793. The van der Waals surface area contributed by atoms with Gasteiger partial charge in [0.25, 0.3) is 0 Å². The van der Waals surface area contributed by atoms with E-state index in [0.29, 0.717) is 0 Å². The minimum Gasteiger partial charge on any atom is -0.0885 e. The fourth-order valence-corrected chi connectivity index (χ4v) is 0.880. The summed E-state index contributed by atoms with van der Waals surface area (Å²) >= 11 is 0. The van der Waals surface area contributed by atoms with E-state index in [1.54, 1.807) is 0 Å². The van der Waals surface area contributed by atoms with Crippen LogP contribution >= 0.6 is 0 Å². The maximum absolute atomic E-state index is 2.32. The normalized spacial score (nSPS) is 11.0. The fourth-order valence-electron chi connectivity index (χ4n) is 0.880. The zero-order chi connectivity index (χ0) is 7.66. The molecule has 0 aromatic carbocycles. The summed E-state index contributed by atoms with van der Waals surface area (Å²) in [5, 5.41) is 0. The number of hydrogen-bond acceptors (Lipinski definition) is 0. The lowest BCUT2D eigenvalue weighted by Crippen LogP contribution is -1.69. The van der Waals surface area contributed by atoms with Crippen molar-refractivity contribution in [3.8, 4) is 0 Å². The predicted molar refractivity (Wildman–Crippen MR) is 48.2 cm³/mol. The van der Waals surface area contributed by atoms with Gasteiger partial charge in [-0.05, 0) is 12.8 Å². The lowest BCUT2D eigenvalue weighted by Gasteiger charge is -1.89. The Labute approximate surface area is 65.3 Å². The average Bonchev–Trinajstić information content (AvgIpc) is 1.97. The van der Waals surface area contributed by atoms with Crippen LogP contribution in [0.25, 0.3) is 0 Å². The molecule has 0 aromatic rings. The third-order valence-electron chi connectivity index (χ3n) is 1.62. The molecular weight excluding hydrogens is 120 g/mol. The van der Waals surface area contributed by atoms with Crippen molar-refractivity contribution in [3.05, 3.63) is 12.2 Å². The van der Waals surface area contributed by atoms with Gasteiger partial charge in [-0.3, -0.25) is 0 Å². The van der Waals surface area contributed by atoms with Crippen molar-refractivity contribution in [3.63, 3.8) is 0 Å². The smallest absolute Gasteiger partial charge is 0.0351 e. The van der Waals surface area contributed by atoms with Gasteiger partial charge in [0, 0.05) is 0 Å². The molecule has 0 spiro atoms. The first-order chi connectivity index (χ1) is 4.91. The van der Waals surface area contributed by atoms with Gasteiger partial charge < -0.3 is 0 Å². The van der Waals surface area contributed by atoms with Gasteiger partial charge >= 0.3 is 0 Å². The van der Waals surface area contributed by atoms with Gasteiger partial charge in [-0.2, -0.15) is 0 Å². The minimum absolute atomic E-state index is 1.28. The molecule has 0 amide bonds. The molecule has 10 heavy (non-hydrogen) atoms. The first-order valence-corrected chi connectivity index (χ1v) is 4.56. The van der Waals surface area contributed by atoms with E-state index in [9.17, 15) is 0 Å². The Bertz CT molecular complexity index is 62.1. The Hall–Kier alpha value is -0.260. The maximum Gasteiger partial charge on any atom is -0.0351 e. The summed E-state index contributed by atoms with van der Waals surface area (Å²) in [6, 6.07) is 0. The Morgan fingerprint density at radius 1 is 0.800 bits per heavy atom. The molecule has 0 saturated carbocycles. The van der Waals surface area contributed by atoms with Crippen LogP contribution < -0.4 is 0 Å². The largest absolute Gasteiger partial charge is 0.0885 e. The molecule has 0 atom stereocenters. The number of allylic oxidation sites excluding steroid dienone is 2. The minimum atomic E-state index is 1.28. The van der Waals surface area contributed by atoms with Crippen LogP contribution in [0.2, 0.25) is 0 Å². The first-order valence-electron chi connectivity index (χ1n) is 4.56. The van der Waals surface area contributed by atoms with Crippen molar-refractivity contribution in [2.45, 2.75) is 52.4 Å². The van der Waals surface area contributed by atoms with Crippen LogP contribution in [0.15, 0.2) is 12.2 Å². The van der Waals surface area contributed by atoms with E-state index in [-0.39, 0.29) is 0 Å². The summed E-state index contributed by atoms with van der Waals surface area (Å²) < 4.78 is 0. The summed E-state index contributed by atoms with van der Waals surface area (Å²) in [5.74, 6) is 0. The van der Waals surface area contributed by atoms with Crippen LogP contribution in [0, 0.1) is 0 Å². The summed E-state index contributed by atoms with van der Waals surface area (Å²) in [7, 11) is 0. The van der Waals surface area contributed by atoms with E-state index in [0.717, 1.165) is 0 Å². The molecule has 0 bridgehead atoms. The Morgan fingerprint density at radius 3 is 1.50 bits per heavy atom. The molecule has 0 unspecified atom stereocenters. The van der Waals surface area contributed by atoms with Crippen LogP contribution in [-0.2, 0) is 0 Å². The highest BCUT2D eigenvalue weighted by Crippen LogP contribution is 1.99. The third kappa shape index (κ3) is 7.74. The van der Waals surface area contributed by atoms with Gasteiger partial charge in [0.1, 0.15) is 0 Å². The van der Waals surface area contributed by atoms with Gasteiger partial charge in [0.15, 0.2) is 0 Å². The van der Waals surface area contributed by atoms with Crippen molar-refractivity contribution >= 4 is 0 Å². The monoisotopic (exact) mass is 140 g/mol. The molecule has 0 nitrogen and oxygen atoms in total. The van der Waals surface area contributed by atoms with Gasteiger partial charge in [0.2, 0.25) is 0 Å². The molecule has 0 heterocycles. The molecule has 0 fully saturated rings. The van der Waals surface area contributed by atoms with E-state index in [4.69, 9.17) is 0 Å². The van der Waals surface area contributed by atoms with Crippen LogP contribution in [0.4, 0.5) is 0 Å². The van der Waals surface area contributed by atoms with E-state index in [1.807, 2.05) is 0 Å². The Morgan fingerprint density at radius 2 is 1.20 bits per heavy atom. The highest BCUT2D eigenvalue weighted by Gasteiger charge is 1.78. The fraction of sp³-hybridized carbons (Fsp3) is 0.800. The molecule has 0 rings (SSSR count). The van der Waals surface area contributed by atoms with Crippen molar-refractivity contribution in [1.82, 2.24) is 0 Å². The summed E-state index contributed by atoms with van der Waals surface area (Å²) in [6.45, 7) is 4.47. The molecule has 0 aliphatic carbocycles. The number of hydrogen-bond donors (Lipinski definition) is 0. The number of rotatable bonds is 6. The first kappa shape index (κ1) is 9.74. The van der Waals surface area contributed by atoms with Crippen LogP contribution in [0.1, 0.15) is 52.4 Å². The van der Waals surface area contributed by atoms with E-state index < -0.39 is 0 Å². The molecule has 0 N–H and O–H groups in total. The van der Waals surface area contributed by atoms with Gasteiger partial charge in [-0.25, -0.2) is 0 Å². The quantitative estimate of drug-likeness (QED) is 0.387. The SMILES string of the molecule is CCCC/C=C/CCCC. The average molecular weight is 140 g/mol. The standard InChI is InChI=1S/C10H20/c1-3-5-7-9-10-8-6-4-2/h9-10H,3-8H2,1-2H3/b10-9+. The highest BCUT2D eigenvalue weighted by atomic mass is 13.9. The van der Waals surface area contributed by atoms with E-state index >= 15 is 0 Å². The molecule has 0 saturated heterocycles. The topological polar surface area (TPSA) is 0 Å². The summed E-state index contributed by atoms with van der Waals surface area (Å²) in [4.78, 5) is 0.